The van der Waals surface area contributed by atoms with Crippen LogP contribution in [0, 0.1) is 57.2 Å². The standard InChI is InChI=1S/C31H47NO2/c1-21(2)22(3)7-8-23(4)25-9-10-26-24-11-14-30(20-32)19-31(33-17-18-34-31)16-15-29(30,6)27(24)12-13-28(25,26)5/h7-8,21-23,25-26H,9-19H2,1-6H3/b8-7+/t22-,23+,25+,26-,28+,29+,30+/m0/s1. The van der Waals surface area contributed by atoms with Crippen LogP contribution in [0.25, 0.3) is 0 Å². The Labute approximate surface area is 208 Å². The third kappa shape index (κ3) is 3.49. The fourth-order valence-corrected chi connectivity index (χ4v) is 9.02. The summed E-state index contributed by atoms with van der Waals surface area (Å²) in [5.41, 5.74) is 3.48. The SMILES string of the molecule is CC(C)[C@@H](C)/C=C/[C@@H](C)[C@H]1CC[C@H]2C3=C(CC[C@]12C)[C@@]1(C)CCC2(C[C@@]1(C#N)CC3)OCCO2. The molecule has 188 valence electrons. The number of hydrogen-bond acceptors (Lipinski definition) is 3. The van der Waals surface area contributed by atoms with Gasteiger partial charge >= 0.3 is 0 Å². The summed E-state index contributed by atoms with van der Waals surface area (Å²) < 4.78 is 12.2. The Morgan fingerprint density at radius 1 is 0.941 bits per heavy atom. The number of ether oxygens (including phenoxy) is 2. The predicted molar refractivity (Wildman–Crippen MR) is 137 cm³/mol. The Balaban J connectivity index is 1.42. The molecule has 2 saturated carbocycles. The first-order valence-corrected chi connectivity index (χ1v) is 14.2. The van der Waals surface area contributed by atoms with Gasteiger partial charge < -0.3 is 9.47 Å². The van der Waals surface area contributed by atoms with Crippen LogP contribution >= 0.6 is 0 Å². The number of nitrogens with zero attached hydrogens (tertiary/aromatic N) is 1. The predicted octanol–water partition coefficient (Wildman–Crippen LogP) is 7.83. The van der Waals surface area contributed by atoms with E-state index < -0.39 is 5.79 Å². The Morgan fingerprint density at radius 2 is 1.68 bits per heavy atom. The van der Waals surface area contributed by atoms with Gasteiger partial charge in [0.1, 0.15) is 0 Å². The lowest BCUT2D eigenvalue weighted by Crippen LogP contribution is -2.55. The van der Waals surface area contributed by atoms with Crippen LogP contribution in [0.5, 0.6) is 0 Å². The first-order chi connectivity index (χ1) is 16.1. The van der Waals surface area contributed by atoms with E-state index in [1.807, 2.05) is 0 Å². The molecule has 0 bridgehead atoms. The topological polar surface area (TPSA) is 42.2 Å². The van der Waals surface area contributed by atoms with Gasteiger partial charge in [-0.2, -0.15) is 5.26 Å². The average Bonchev–Trinajstić information content (AvgIpc) is 3.41. The van der Waals surface area contributed by atoms with Crippen LogP contribution in [0.15, 0.2) is 23.3 Å². The average molecular weight is 466 g/mol. The van der Waals surface area contributed by atoms with Crippen molar-refractivity contribution in [1.82, 2.24) is 0 Å². The maximum absolute atomic E-state index is 10.6. The maximum Gasteiger partial charge on any atom is 0.170 e. The van der Waals surface area contributed by atoms with Crippen molar-refractivity contribution in [3.63, 3.8) is 0 Å². The van der Waals surface area contributed by atoms with Gasteiger partial charge in [-0.05, 0) is 80.0 Å². The number of hydrogen-bond donors (Lipinski definition) is 0. The Hall–Kier alpha value is -1.11. The van der Waals surface area contributed by atoms with E-state index in [0.717, 1.165) is 38.0 Å². The van der Waals surface area contributed by atoms with Crippen LogP contribution in [0.3, 0.4) is 0 Å². The minimum absolute atomic E-state index is 0.0203. The van der Waals surface area contributed by atoms with Crippen molar-refractivity contribution >= 4 is 0 Å². The Morgan fingerprint density at radius 3 is 2.35 bits per heavy atom. The third-order valence-electron chi connectivity index (χ3n) is 11.7. The zero-order chi connectivity index (χ0) is 24.4. The fraction of sp³-hybridized carbons (Fsp3) is 0.839. The molecule has 0 aromatic rings. The highest BCUT2D eigenvalue weighted by Crippen LogP contribution is 2.70. The first kappa shape index (κ1) is 24.6. The molecule has 7 atom stereocenters. The van der Waals surface area contributed by atoms with Crippen molar-refractivity contribution in [3.8, 4) is 6.07 Å². The number of allylic oxidation sites excluding steroid dienone is 4. The molecular formula is C31H47NO2. The van der Waals surface area contributed by atoms with E-state index in [2.05, 4.69) is 59.8 Å². The van der Waals surface area contributed by atoms with Gasteiger partial charge in [0.2, 0.25) is 0 Å². The minimum Gasteiger partial charge on any atom is -0.347 e. The number of rotatable bonds is 4. The molecule has 34 heavy (non-hydrogen) atoms. The van der Waals surface area contributed by atoms with E-state index in [4.69, 9.17) is 9.47 Å². The molecule has 1 saturated heterocycles. The van der Waals surface area contributed by atoms with E-state index in [1.165, 1.54) is 25.7 Å². The second-order valence-electron chi connectivity index (χ2n) is 13.4. The second kappa shape index (κ2) is 8.48. The number of nitriles is 1. The molecule has 5 aliphatic rings. The molecule has 0 aromatic heterocycles. The lowest BCUT2D eigenvalue weighted by molar-refractivity contribution is -0.217. The molecule has 3 nitrogen and oxygen atoms in total. The van der Waals surface area contributed by atoms with Gasteiger partial charge in [0.05, 0.1) is 24.7 Å². The molecule has 3 fully saturated rings. The normalized spacial score (nSPS) is 43.0. The molecule has 0 amide bonds. The van der Waals surface area contributed by atoms with E-state index >= 15 is 0 Å². The lowest BCUT2D eigenvalue weighted by Gasteiger charge is -2.59. The Bertz CT molecular complexity index is 905. The Kier molecular flexibility index (Phi) is 6.13. The largest absolute Gasteiger partial charge is 0.347 e. The zero-order valence-electron chi connectivity index (χ0n) is 22.6. The molecule has 0 N–H and O–H groups in total. The van der Waals surface area contributed by atoms with Crippen molar-refractivity contribution in [2.24, 2.45) is 45.8 Å². The summed E-state index contributed by atoms with van der Waals surface area (Å²) in [4.78, 5) is 0. The third-order valence-corrected chi connectivity index (χ3v) is 11.7. The van der Waals surface area contributed by atoms with Crippen LogP contribution < -0.4 is 0 Å². The molecule has 0 aromatic carbocycles. The van der Waals surface area contributed by atoms with Crippen molar-refractivity contribution in [3.05, 3.63) is 23.3 Å². The van der Waals surface area contributed by atoms with Gasteiger partial charge in [-0.1, -0.05) is 64.8 Å². The van der Waals surface area contributed by atoms with Gasteiger partial charge in [0.25, 0.3) is 0 Å². The van der Waals surface area contributed by atoms with Crippen LogP contribution in [0.2, 0.25) is 0 Å². The van der Waals surface area contributed by atoms with Crippen LogP contribution in [-0.4, -0.2) is 19.0 Å². The number of fused-ring (bicyclic) bond motifs is 4. The molecule has 1 spiro atoms. The lowest BCUT2D eigenvalue weighted by atomic mass is 9.45. The quantitative estimate of drug-likeness (QED) is 0.397. The van der Waals surface area contributed by atoms with Crippen LogP contribution in [0.4, 0.5) is 0 Å². The van der Waals surface area contributed by atoms with E-state index in [1.54, 1.807) is 11.1 Å². The molecule has 0 unspecified atom stereocenters. The van der Waals surface area contributed by atoms with Crippen LogP contribution in [-0.2, 0) is 9.47 Å². The van der Waals surface area contributed by atoms with E-state index in [-0.39, 0.29) is 10.8 Å². The second-order valence-corrected chi connectivity index (χ2v) is 13.4. The molecule has 1 aliphatic heterocycles. The van der Waals surface area contributed by atoms with Crippen molar-refractivity contribution in [1.29, 1.82) is 5.26 Å². The van der Waals surface area contributed by atoms with Crippen molar-refractivity contribution in [2.45, 2.75) is 105 Å². The molecule has 1 heterocycles. The highest BCUT2D eigenvalue weighted by molar-refractivity contribution is 5.39. The molecule has 0 radical (unpaired) electrons. The highest BCUT2D eigenvalue weighted by atomic mass is 16.7. The first-order valence-electron chi connectivity index (χ1n) is 14.2. The van der Waals surface area contributed by atoms with Crippen LogP contribution in [0.1, 0.15) is 99.3 Å². The van der Waals surface area contributed by atoms with Gasteiger partial charge in [-0.3, -0.25) is 0 Å². The molecule has 5 rings (SSSR count). The van der Waals surface area contributed by atoms with Crippen molar-refractivity contribution in [2.75, 3.05) is 13.2 Å². The van der Waals surface area contributed by atoms with Gasteiger partial charge in [0.15, 0.2) is 5.79 Å². The van der Waals surface area contributed by atoms with E-state index in [0.29, 0.717) is 42.3 Å². The zero-order valence-corrected chi connectivity index (χ0v) is 22.6. The maximum atomic E-state index is 10.6. The fourth-order valence-electron chi connectivity index (χ4n) is 9.02. The summed E-state index contributed by atoms with van der Waals surface area (Å²) in [7, 11) is 0. The van der Waals surface area contributed by atoms with Gasteiger partial charge in [-0.15, -0.1) is 0 Å². The summed E-state index contributed by atoms with van der Waals surface area (Å²) >= 11 is 0. The smallest absolute Gasteiger partial charge is 0.170 e. The van der Waals surface area contributed by atoms with Gasteiger partial charge in [0, 0.05) is 18.3 Å². The summed E-state index contributed by atoms with van der Waals surface area (Å²) in [5.74, 6) is 2.98. The van der Waals surface area contributed by atoms with Gasteiger partial charge in [-0.25, -0.2) is 0 Å². The summed E-state index contributed by atoms with van der Waals surface area (Å²) in [6.07, 6.45) is 15.0. The molecule has 3 heteroatoms. The minimum atomic E-state index is -0.496. The van der Waals surface area contributed by atoms with E-state index in [9.17, 15) is 5.26 Å². The monoisotopic (exact) mass is 465 g/mol. The highest BCUT2D eigenvalue weighted by Gasteiger charge is 2.64. The molecule has 4 aliphatic carbocycles. The summed E-state index contributed by atoms with van der Waals surface area (Å²) in [6.45, 7) is 15.9. The summed E-state index contributed by atoms with van der Waals surface area (Å²) in [5, 5.41) is 10.6. The van der Waals surface area contributed by atoms with Crippen molar-refractivity contribution < 1.29 is 9.47 Å². The summed E-state index contributed by atoms with van der Waals surface area (Å²) in [6, 6.07) is 2.87. The molecular weight excluding hydrogens is 418 g/mol.